The second-order valence-electron chi connectivity index (χ2n) is 6.47. The molecule has 0 spiro atoms. The first-order chi connectivity index (χ1) is 13.0. The Bertz CT molecular complexity index is 818. The van der Waals surface area contributed by atoms with Crippen molar-refractivity contribution in [2.45, 2.75) is 38.4 Å². The van der Waals surface area contributed by atoms with Crippen LogP contribution in [0.1, 0.15) is 35.6 Å². The molecular weight excluding hydrogens is 479 g/mol. The van der Waals surface area contributed by atoms with Crippen molar-refractivity contribution >= 4 is 35.6 Å². The molecule has 0 bridgehead atoms. The fraction of sp³-hybridized carbons (Fsp3) is 0.350. The number of hydrogen-bond donors (Lipinski definition) is 3. The molecule has 2 aromatic rings. The summed E-state index contributed by atoms with van der Waals surface area (Å²) in [6, 6.07) is 12.0. The molecule has 0 aromatic heterocycles. The maximum atomic E-state index is 12.3. The summed E-state index contributed by atoms with van der Waals surface area (Å²) in [6.45, 7) is -2.90. The molecule has 0 saturated carbocycles. The summed E-state index contributed by atoms with van der Waals surface area (Å²) < 4.78 is 29.0. The highest BCUT2D eigenvalue weighted by molar-refractivity contribution is 14.0. The summed E-state index contributed by atoms with van der Waals surface area (Å²) in [6.07, 6.45) is 3.44. The number of anilines is 1. The van der Waals surface area contributed by atoms with Gasteiger partial charge in [-0.2, -0.15) is 8.78 Å². The zero-order valence-corrected chi connectivity index (χ0v) is 17.6. The second kappa shape index (κ2) is 10.6. The standard InChI is InChI=1S/C20H23F2N3O2.HI/c21-19(22)27-15-8-3-7-14(11-15)18(26)12-24-20(23)25-17-10-4-6-13-5-1-2-9-16(13)17;/h3-4,6-8,10-11,18-19,26H,1-2,5,9,12H2,(H3,23,24,25);1H. The smallest absolute Gasteiger partial charge is 0.387 e. The van der Waals surface area contributed by atoms with Crippen molar-refractivity contribution in [1.29, 1.82) is 0 Å². The fourth-order valence-corrected chi connectivity index (χ4v) is 3.26. The number of benzene rings is 2. The fourth-order valence-electron chi connectivity index (χ4n) is 3.26. The molecule has 0 radical (unpaired) electrons. The SMILES string of the molecule is I.NC(=NCC(O)c1cccc(OC(F)F)c1)Nc1cccc2c1CCCC2. The number of nitrogens with one attached hydrogen (secondary N) is 1. The van der Waals surface area contributed by atoms with E-state index in [9.17, 15) is 13.9 Å². The largest absolute Gasteiger partial charge is 0.435 e. The van der Waals surface area contributed by atoms with Gasteiger partial charge in [-0.3, -0.25) is 4.99 Å². The number of ether oxygens (including phenoxy) is 1. The molecule has 0 saturated heterocycles. The molecule has 8 heteroatoms. The summed E-state index contributed by atoms with van der Waals surface area (Å²) in [7, 11) is 0. The Hall–Kier alpha value is -1.94. The van der Waals surface area contributed by atoms with Crippen LogP contribution in [-0.4, -0.2) is 24.2 Å². The number of aliphatic imine (C=N–C) groups is 1. The Kier molecular flexibility index (Phi) is 8.43. The van der Waals surface area contributed by atoms with Gasteiger partial charge in [0, 0.05) is 5.69 Å². The third-order valence-corrected chi connectivity index (χ3v) is 4.56. The molecule has 1 unspecified atom stereocenters. The number of aliphatic hydroxyl groups excluding tert-OH is 1. The molecule has 2 aromatic carbocycles. The number of halogens is 3. The van der Waals surface area contributed by atoms with Crippen LogP contribution in [0.25, 0.3) is 0 Å². The van der Waals surface area contributed by atoms with Crippen molar-refractivity contribution in [1.82, 2.24) is 0 Å². The lowest BCUT2D eigenvalue weighted by Crippen LogP contribution is -2.25. The van der Waals surface area contributed by atoms with Crippen LogP contribution >= 0.6 is 24.0 Å². The highest BCUT2D eigenvalue weighted by atomic mass is 127. The van der Waals surface area contributed by atoms with E-state index >= 15 is 0 Å². The molecule has 1 aliphatic carbocycles. The third-order valence-electron chi connectivity index (χ3n) is 4.56. The van der Waals surface area contributed by atoms with Gasteiger partial charge in [-0.05, 0) is 60.6 Å². The lowest BCUT2D eigenvalue weighted by Gasteiger charge is -2.20. The number of hydrogen-bond acceptors (Lipinski definition) is 3. The molecule has 1 atom stereocenters. The second-order valence-corrected chi connectivity index (χ2v) is 6.47. The van der Waals surface area contributed by atoms with Crippen LogP contribution in [0.15, 0.2) is 47.5 Å². The van der Waals surface area contributed by atoms with Crippen molar-refractivity contribution in [2.75, 3.05) is 11.9 Å². The summed E-state index contributed by atoms with van der Waals surface area (Å²) in [5, 5.41) is 13.4. The van der Waals surface area contributed by atoms with Gasteiger partial charge in [-0.15, -0.1) is 24.0 Å². The minimum absolute atomic E-state index is 0. The van der Waals surface area contributed by atoms with Crippen LogP contribution in [-0.2, 0) is 12.8 Å². The van der Waals surface area contributed by atoms with Crippen molar-refractivity contribution in [3.05, 3.63) is 59.2 Å². The van der Waals surface area contributed by atoms with E-state index in [0.29, 0.717) is 5.56 Å². The topological polar surface area (TPSA) is 79.9 Å². The van der Waals surface area contributed by atoms with Crippen LogP contribution in [0.4, 0.5) is 14.5 Å². The number of rotatable bonds is 6. The van der Waals surface area contributed by atoms with Crippen LogP contribution < -0.4 is 15.8 Å². The van der Waals surface area contributed by atoms with Crippen molar-refractivity contribution in [2.24, 2.45) is 10.7 Å². The predicted octanol–water partition coefficient (Wildman–Crippen LogP) is 4.25. The van der Waals surface area contributed by atoms with E-state index in [2.05, 4.69) is 21.1 Å². The number of fused-ring (bicyclic) bond motifs is 1. The van der Waals surface area contributed by atoms with E-state index in [1.54, 1.807) is 6.07 Å². The van der Waals surface area contributed by atoms with Gasteiger partial charge in [0.2, 0.25) is 0 Å². The van der Waals surface area contributed by atoms with Crippen molar-refractivity contribution < 1.29 is 18.6 Å². The van der Waals surface area contributed by atoms with Crippen LogP contribution in [0.3, 0.4) is 0 Å². The molecule has 28 heavy (non-hydrogen) atoms. The Morgan fingerprint density at radius 3 is 2.71 bits per heavy atom. The molecular formula is C20H24F2IN3O2. The zero-order valence-electron chi connectivity index (χ0n) is 15.3. The monoisotopic (exact) mass is 503 g/mol. The van der Waals surface area contributed by atoms with Crippen molar-refractivity contribution in [3.63, 3.8) is 0 Å². The van der Waals surface area contributed by atoms with Gasteiger partial charge in [0.1, 0.15) is 5.75 Å². The van der Waals surface area contributed by atoms with Gasteiger partial charge in [0.25, 0.3) is 0 Å². The summed E-state index contributed by atoms with van der Waals surface area (Å²) in [5.41, 5.74) is 9.93. The summed E-state index contributed by atoms with van der Waals surface area (Å²) in [4.78, 5) is 4.18. The molecule has 3 rings (SSSR count). The molecule has 0 aliphatic heterocycles. The number of aliphatic hydroxyl groups is 1. The highest BCUT2D eigenvalue weighted by Gasteiger charge is 2.14. The molecule has 4 N–H and O–H groups in total. The lowest BCUT2D eigenvalue weighted by molar-refractivity contribution is -0.0499. The lowest BCUT2D eigenvalue weighted by atomic mass is 9.90. The van der Waals surface area contributed by atoms with E-state index < -0.39 is 12.7 Å². The molecule has 0 amide bonds. The third kappa shape index (κ3) is 6.03. The molecule has 1 aliphatic rings. The van der Waals surface area contributed by atoms with Gasteiger partial charge in [0.15, 0.2) is 5.96 Å². The predicted molar refractivity (Wildman–Crippen MR) is 117 cm³/mol. The maximum absolute atomic E-state index is 12.3. The van der Waals surface area contributed by atoms with Gasteiger partial charge < -0.3 is 20.9 Å². The number of aryl methyl sites for hydroxylation is 1. The Balaban J connectivity index is 0.00000280. The molecule has 0 heterocycles. The molecule has 152 valence electrons. The minimum atomic E-state index is -2.91. The molecule has 5 nitrogen and oxygen atoms in total. The van der Waals surface area contributed by atoms with E-state index in [-0.39, 0.29) is 42.2 Å². The van der Waals surface area contributed by atoms with Gasteiger partial charge >= 0.3 is 6.61 Å². The maximum Gasteiger partial charge on any atom is 0.387 e. The number of alkyl halides is 2. The highest BCUT2D eigenvalue weighted by Crippen LogP contribution is 2.27. The molecule has 0 fully saturated rings. The average Bonchev–Trinajstić information content (AvgIpc) is 2.66. The van der Waals surface area contributed by atoms with Gasteiger partial charge in [-0.25, -0.2) is 0 Å². The van der Waals surface area contributed by atoms with Crippen molar-refractivity contribution in [3.8, 4) is 5.75 Å². The average molecular weight is 503 g/mol. The van der Waals surface area contributed by atoms with Crippen LogP contribution in [0.5, 0.6) is 5.75 Å². The summed E-state index contributed by atoms with van der Waals surface area (Å²) >= 11 is 0. The number of nitrogens with two attached hydrogens (primary N) is 1. The van der Waals surface area contributed by atoms with E-state index in [1.165, 1.54) is 35.7 Å². The normalized spacial score (nSPS) is 14.8. The zero-order chi connectivity index (χ0) is 19.2. The first-order valence-corrected chi connectivity index (χ1v) is 8.93. The Labute approximate surface area is 180 Å². The summed E-state index contributed by atoms with van der Waals surface area (Å²) in [5.74, 6) is 0.195. The van der Waals surface area contributed by atoms with Gasteiger partial charge in [0.05, 0.1) is 12.6 Å². The first kappa shape index (κ1) is 22.4. The van der Waals surface area contributed by atoms with E-state index in [1.807, 2.05) is 12.1 Å². The van der Waals surface area contributed by atoms with Crippen LogP contribution in [0, 0.1) is 0 Å². The van der Waals surface area contributed by atoms with E-state index in [0.717, 1.165) is 24.9 Å². The minimum Gasteiger partial charge on any atom is -0.435 e. The first-order valence-electron chi connectivity index (χ1n) is 8.93. The number of guanidine groups is 1. The Morgan fingerprint density at radius 2 is 1.93 bits per heavy atom. The van der Waals surface area contributed by atoms with E-state index in [4.69, 9.17) is 5.73 Å². The van der Waals surface area contributed by atoms with Crippen LogP contribution in [0.2, 0.25) is 0 Å². The quantitative estimate of drug-likeness (QED) is 0.313. The Morgan fingerprint density at radius 1 is 1.18 bits per heavy atom. The van der Waals surface area contributed by atoms with Gasteiger partial charge in [-0.1, -0.05) is 24.3 Å². The number of nitrogens with zero attached hydrogens (tertiary/aromatic N) is 1.